The van der Waals surface area contributed by atoms with Crippen molar-refractivity contribution >= 4 is 5.91 Å². The summed E-state index contributed by atoms with van der Waals surface area (Å²) in [5.41, 5.74) is 1.10. The lowest BCUT2D eigenvalue weighted by Gasteiger charge is -2.42. The van der Waals surface area contributed by atoms with Crippen LogP contribution in [-0.4, -0.2) is 65.7 Å². The second-order valence-corrected chi connectivity index (χ2v) is 7.09. The zero-order chi connectivity index (χ0) is 17.2. The Hall–Kier alpha value is -1.66. The summed E-state index contributed by atoms with van der Waals surface area (Å²) in [5, 5.41) is 9.77. The Bertz CT molecular complexity index is 585. The van der Waals surface area contributed by atoms with Gasteiger partial charge in [-0.05, 0) is 37.4 Å². The monoisotopic (exact) mass is 333 g/mol. The molecule has 0 radical (unpaired) electrons. The number of methoxy groups -OCH3 is 1. The van der Waals surface area contributed by atoms with E-state index in [-0.39, 0.29) is 23.8 Å². The Labute approximate surface area is 143 Å². The van der Waals surface area contributed by atoms with E-state index in [2.05, 4.69) is 9.88 Å². The number of carbonyl (C=O) groups is 1. The molecule has 2 aliphatic rings. The van der Waals surface area contributed by atoms with Crippen LogP contribution < -0.4 is 4.74 Å². The van der Waals surface area contributed by atoms with Gasteiger partial charge in [0.25, 0.3) is 0 Å². The third-order valence-electron chi connectivity index (χ3n) is 5.71. The predicted octanol–water partition coefficient (Wildman–Crippen LogP) is 1.14. The Balaban J connectivity index is 1.61. The number of hydrogen-bond donors (Lipinski definition) is 1. The van der Waals surface area contributed by atoms with Gasteiger partial charge in [-0.1, -0.05) is 6.07 Å². The quantitative estimate of drug-likeness (QED) is 0.895. The molecule has 0 bridgehead atoms. The third kappa shape index (κ3) is 3.39. The summed E-state index contributed by atoms with van der Waals surface area (Å²) in [6.45, 7) is 6.04. The van der Waals surface area contributed by atoms with Crippen LogP contribution in [0.5, 0.6) is 5.88 Å². The highest BCUT2D eigenvalue weighted by atomic mass is 16.5. The van der Waals surface area contributed by atoms with Gasteiger partial charge in [0.15, 0.2) is 0 Å². The highest BCUT2D eigenvalue weighted by Crippen LogP contribution is 2.44. The number of carbonyl (C=O) groups excluding carboxylic acids is 1. The van der Waals surface area contributed by atoms with E-state index in [9.17, 15) is 9.90 Å². The minimum absolute atomic E-state index is 0.0821. The van der Waals surface area contributed by atoms with Crippen LogP contribution in [0.4, 0.5) is 0 Å². The van der Waals surface area contributed by atoms with Crippen molar-refractivity contribution in [3.8, 4) is 5.88 Å². The fourth-order valence-corrected chi connectivity index (χ4v) is 4.14. The second-order valence-electron chi connectivity index (χ2n) is 7.09. The molecule has 1 aromatic heterocycles. The van der Waals surface area contributed by atoms with Crippen LogP contribution in [0.2, 0.25) is 0 Å². The molecule has 1 amide bonds. The predicted molar refractivity (Wildman–Crippen MR) is 90.6 cm³/mol. The van der Waals surface area contributed by atoms with E-state index in [0.717, 1.165) is 44.7 Å². The van der Waals surface area contributed by atoms with Crippen LogP contribution in [0.15, 0.2) is 18.2 Å². The molecule has 1 atom stereocenters. The SMILES string of the molecule is COc1cccc(CN2CCC3(CC2)CN(C(C)=O)CC3CO)n1. The normalized spacial score (nSPS) is 23.6. The van der Waals surface area contributed by atoms with Gasteiger partial charge in [0.05, 0.1) is 12.8 Å². The summed E-state index contributed by atoms with van der Waals surface area (Å²) in [7, 11) is 1.63. The summed E-state index contributed by atoms with van der Waals surface area (Å²) in [6, 6.07) is 5.85. The fraction of sp³-hybridized carbons (Fsp3) is 0.667. The van der Waals surface area contributed by atoms with Crippen LogP contribution >= 0.6 is 0 Å². The van der Waals surface area contributed by atoms with Gasteiger partial charge < -0.3 is 14.7 Å². The third-order valence-corrected chi connectivity index (χ3v) is 5.71. The molecule has 1 N–H and O–H groups in total. The van der Waals surface area contributed by atoms with Gasteiger partial charge in [0.1, 0.15) is 0 Å². The van der Waals surface area contributed by atoms with Crippen LogP contribution in [0.1, 0.15) is 25.5 Å². The molecule has 2 aliphatic heterocycles. The molecule has 0 aliphatic carbocycles. The van der Waals surface area contributed by atoms with E-state index in [4.69, 9.17) is 4.74 Å². The van der Waals surface area contributed by atoms with E-state index in [1.807, 2.05) is 23.1 Å². The average molecular weight is 333 g/mol. The number of piperidine rings is 1. The van der Waals surface area contributed by atoms with Crippen molar-refractivity contribution in [3.05, 3.63) is 23.9 Å². The Kier molecular flexibility index (Phi) is 5.06. The lowest BCUT2D eigenvalue weighted by Crippen LogP contribution is -2.45. The minimum Gasteiger partial charge on any atom is -0.481 e. The van der Waals surface area contributed by atoms with Crippen LogP contribution in [0.25, 0.3) is 0 Å². The fourth-order valence-electron chi connectivity index (χ4n) is 4.14. The molecule has 132 valence electrons. The largest absolute Gasteiger partial charge is 0.481 e. The number of aromatic nitrogens is 1. The molecule has 3 rings (SSSR count). The van der Waals surface area contributed by atoms with E-state index >= 15 is 0 Å². The summed E-state index contributed by atoms with van der Waals surface area (Å²) in [5.74, 6) is 0.973. The molecular weight excluding hydrogens is 306 g/mol. The van der Waals surface area contributed by atoms with Crippen LogP contribution in [-0.2, 0) is 11.3 Å². The molecule has 2 fully saturated rings. The first kappa shape index (κ1) is 17.2. The number of likely N-dealkylation sites (tertiary alicyclic amines) is 2. The summed E-state index contributed by atoms with van der Waals surface area (Å²) < 4.78 is 5.19. The zero-order valence-corrected chi connectivity index (χ0v) is 14.6. The lowest BCUT2D eigenvalue weighted by atomic mass is 9.71. The molecule has 1 aromatic rings. The molecule has 3 heterocycles. The van der Waals surface area contributed by atoms with E-state index in [1.54, 1.807) is 14.0 Å². The molecule has 0 aromatic carbocycles. The number of pyridine rings is 1. The lowest BCUT2D eigenvalue weighted by molar-refractivity contribution is -0.128. The number of aliphatic hydroxyl groups is 1. The Morgan fingerprint density at radius 3 is 2.79 bits per heavy atom. The Morgan fingerprint density at radius 2 is 2.17 bits per heavy atom. The van der Waals surface area contributed by atoms with Crippen molar-refractivity contribution in [1.82, 2.24) is 14.8 Å². The number of nitrogens with zero attached hydrogens (tertiary/aromatic N) is 3. The van der Waals surface area contributed by atoms with Gasteiger partial charge in [0, 0.05) is 45.1 Å². The number of hydrogen-bond acceptors (Lipinski definition) is 5. The topological polar surface area (TPSA) is 65.9 Å². The molecule has 1 unspecified atom stereocenters. The standard InChI is InChI=1S/C18H27N3O3/c1-14(23)21-10-15(12-22)18(13-21)6-8-20(9-7-18)11-16-4-3-5-17(19-16)24-2/h3-5,15,22H,6-13H2,1-2H3. The summed E-state index contributed by atoms with van der Waals surface area (Å²) >= 11 is 0. The molecule has 6 nitrogen and oxygen atoms in total. The van der Waals surface area contributed by atoms with E-state index in [1.165, 1.54) is 0 Å². The number of rotatable bonds is 4. The van der Waals surface area contributed by atoms with Crippen LogP contribution in [0.3, 0.4) is 0 Å². The highest BCUT2D eigenvalue weighted by molar-refractivity contribution is 5.73. The van der Waals surface area contributed by atoms with Crippen LogP contribution in [0, 0.1) is 11.3 Å². The first-order valence-electron chi connectivity index (χ1n) is 8.65. The number of ether oxygens (including phenoxy) is 1. The maximum Gasteiger partial charge on any atom is 0.219 e. The van der Waals surface area contributed by atoms with Gasteiger partial charge >= 0.3 is 0 Å². The van der Waals surface area contributed by atoms with Gasteiger partial charge in [0.2, 0.25) is 11.8 Å². The van der Waals surface area contributed by atoms with Crippen molar-refractivity contribution < 1.29 is 14.6 Å². The van der Waals surface area contributed by atoms with Crippen molar-refractivity contribution in [3.63, 3.8) is 0 Å². The van der Waals surface area contributed by atoms with Crippen molar-refractivity contribution in [1.29, 1.82) is 0 Å². The smallest absolute Gasteiger partial charge is 0.219 e. The number of amides is 1. The average Bonchev–Trinajstić information content (AvgIpc) is 2.96. The number of aliphatic hydroxyl groups excluding tert-OH is 1. The van der Waals surface area contributed by atoms with Gasteiger partial charge in [-0.25, -0.2) is 4.98 Å². The van der Waals surface area contributed by atoms with Gasteiger partial charge in [-0.15, -0.1) is 0 Å². The molecule has 6 heteroatoms. The molecule has 2 saturated heterocycles. The van der Waals surface area contributed by atoms with Crippen molar-refractivity contribution in [2.75, 3.05) is 39.9 Å². The molecule has 0 saturated carbocycles. The Morgan fingerprint density at radius 1 is 1.42 bits per heavy atom. The molecule has 24 heavy (non-hydrogen) atoms. The molecular formula is C18H27N3O3. The van der Waals surface area contributed by atoms with Gasteiger partial charge in [-0.3, -0.25) is 9.69 Å². The zero-order valence-electron chi connectivity index (χ0n) is 14.6. The maximum absolute atomic E-state index is 11.7. The summed E-state index contributed by atoms with van der Waals surface area (Å²) in [6.07, 6.45) is 2.04. The minimum atomic E-state index is 0.0821. The van der Waals surface area contributed by atoms with Gasteiger partial charge in [-0.2, -0.15) is 0 Å². The first-order valence-corrected chi connectivity index (χ1v) is 8.65. The maximum atomic E-state index is 11.7. The first-order chi connectivity index (χ1) is 11.6. The summed E-state index contributed by atoms with van der Waals surface area (Å²) in [4.78, 5) is 20.5. The van der Waals surface area contributed by atoms with E-state index in [0.29, 0.717) is 12.4 Å². The second kappa shape index (κ2) is 7.07. The van der Waals surface area contributed by atoms with Crippen molar-refractivity contribution in [2.24, 2.45) is 11.3 Å². The molecule has 1 spiro atoms. The highest BCUT2D eigenvalue weighted by Gasteiger charge is 2.48. The van der Waals surface area contributed by atoms with E-state index < -0.39 is 0 Å². The van der Waals surface area contributed by atoms with Crippen molar-refractivity contribution in [2.45, 2.75) is 26.3 Å².